The van der Waals surface area contributed by atoms with Crippen molar-refractivity contribution in [1.29, 1.82) is 0 Å². The lowest BCUT2D eigenvalue weighted by Crippen LogP contribution is -2.43. The van der Waals surface area contributed by atoms with E-state index in [0.717, 1.165) is 4.90 Å². The van der Waals surface area contributed by atoms with Gasteiger partial charge in [0.2, 0.25) is 0 Å². The first kappa shape index (κ1) is 17.6. The lowest BCUT2D eigenvalue weighted by Gasteiger charge is -2.18. The summed E-state index contributed by atoms with van der Waals surface area (Å²) < 4.78 is 5.07. The molecule has 1 heterocycles. The minimum Gasteiger partial charge on any atom is -0.459 e. The molecule has 1 atom stereocenters. The van der Waals surface area contributed by atoms with Crippen molar-refractivity contribution in [1.82, 2.24) is 10.2 Å². The third kappa shape index (κ3) is 3.76. The van der Waals surface area contributed by atoms with Gasteiger partial charge in [-0.3, -0.25) is 14.5 Å². The van der Waals surface area contributed by atoms with Crippen molar-refractivity contribution < 1.29 is 19.1 Å². The Kier molecular flexibility index (Phi) is 5.16. The highest BCUT2D eigenvalue weighted by Crippen LogP contribution is 2.22. The lowest BCUT2D eigenvalue weighted by molar-refractivity contribution is -0.148. The van der Waals surface area contributed by atoms with E-state index in [9.17, 15) is 14.4 Å². The summed E-state index contributed by atoms with van der Waals surface area (Å²) in [6.07, 6.45) is 0.434. The Bertz CT molecular complexity index is 665. The molecule has 0 unspecified atom stereocenters. The second kappa shape index (κ2) is 6.76. The summed E-state index contributed by atoms with van der Waals surface area (Å²) in [4.78, 5) is 36.7. The molecular weight excluding hydrogens is 343 g/mol. The number of ether oxygens (including phenoxy) is 1. The zero-order valence-corrected chi connectivity index (χ0v) is 14.2. The maximum atomic E-state index is 12.2. The van der Waals surface area contributed by atoms with Crippen molar-refractivity contribution in [3.63, 3.8) is 0 Å². The van der Waals surface area contributed by atoms with Crippen LogP contribution in [0.4, 0.5) is 4.79 Å². The van der Waals surface area contributed by atoms with Crippen LogP contribution in [0.1, 0.15) is 25.8 Å². The van der Waals surface area contributed by atoms with Crippen molar-refractivity contribution in [2.75, 3.05) is 6.54 Å². The summed E-state index contributed by atoms with van der Waals surface area (Å²) in [6, 6.07) is 4.21. The number of nitrogens with one attached hydrogen (secondary N) is 1. The Balaban J connectivity index is 1.95. The molecule has 0 bridgehead atoms. The maximum absolute atomic E-state index is 12.2. The Morgan fingerprint density at radius 2 is 2.04 bits per heavy atom. The van der Waals surface area contributed by atoms with Gasteiger partial charge >= 0.3 is 12.0 Å². The average Bonchev–Trinajstić information content (AvgIpc) is 2.70. The number of benzene rings is 1. The van der Waals surface area contributed by atoms with Crippen molar-refractivity contribution in [2.24, 2.45) is 0 Å². The van der Waals surface area contributed by atoms with Crippen LogP contribution in [-0.2, 0) is 20.9 Å². The van der Waals surface area contributed by atoms with Gasteiger partial charge in [-0.05, 0) is 25.5 Å². The first-order chi connectivity index (χ1) is 10.8. The van der Waals surface area contributed by atoms with Crippen LogP contribution in [0.3, 0.4) is 0 Å². The van der Waals surface area contributed by atoms with E-state index in [1.807, 2.05) is 0 Å². The quantitative estimate of drug-likeness (QED) is 0.648. The normalized spacial score (nSPS) is 20.6. The van der Waals surface area contributed by atoms with E-state index in [4.69, 9.17) is 27.9 Å². The summed E-state index contributed by atoms with van der Waals surface area (Å²) in [7, 11) is 0. The van der Waals surface area contributed by atoms with Gasteiger partial charge in [0.25, 0.3) is 5.91 Å². The Morgan fingerprint density at radius 1 is 1.35 bits per heavy atom. The molecule has 0 radical (unpaired) electrons. The van der Waals surface area contributed by atoms with E-state index in [-0.39, 0.29) is 6.61 Å². The van der Waals surface area contributed by atoms with Gasteiger partial charge in [-0.25, -0.2) is 4.79 Å². The molecule has 1 N–H and O–H groups in total. The third-order valence-electron chi connectivity index (χ3n) is 3.74. The zero-order valence-electron chi connectivity index (χ0n) is 12.7. The van der Waals surface area contributed by atoms with Crippen LogP contribution in [0.5, 0.6) is 0 Å². The summed E-state index contributed by atoms with van der Waals surface area (Å²) in [5.41, 5.74) is -0.392. The van der Waals surface area contributed by atoms with Crippen molar-refractivity contribution in [3.8, 4) is 0 Å². The van der Waals surface area contributed by atoms with E-state index in [0.29, 0.717) is 22.0 Å². The predicted octanol–water partition coefficient (Wildman–Crippen LogP) is 2.76. The number of imide groups is 1. The largest absolute Gasteiger partial charge is 0.459 e. The highest BCUT2D eigenvalue weighted by atomic mass is 35.5. The minimum absolute atomic E-state index is 0.0659. The molecule has 1 aliphatic rings. The second-order valence-electron chi connectivity index (χ2n) is 5.40. The first-order valence-electron chi connectivity index (χ1n) is 7.00. The minimum atomic E-state index is -0.975. The standard InChI is InChI=1S/C15H16Cl2N2O4/c1-3-15(2)13(21)19(14(22)18-15)7-12(20)23-8-9-4-5-10(16)6-11(9)17/h4-6H,3,7-8H2,1-2H3,(H,18,22)/t15-/m0/s1. The third-order valence-corrected chi connectivity index (χ3v) is 4.33. The SMILES string of the molecule is CC[C@]1(C)NC(=O)N(CC(=O)OCc2ccc(Cl)cc2Cl)C1=O. The summed E-state index contributed by atoms with van der Waals surface area (Å²) in [5, 5.41) is 3.42. The number of esters is 1. The highest BCUT2D eigenvalue weighted by molar-refractivity contribution is 6.35. The van der Waals surface area contributed by atoms with Gasteiger partial charge in [0.1, 0.15) is 18.7 Å². The molecule has 0 saturated carbocycles. The molecule has 1 fully saturated rings. The van der Waals surface area contributed by atoms with Crippen LogP contribution < -0.4 is 5.32 Å². The van der Waals surface area contributed by atoms with Gasteiger partial charge in [0.15, 0.2) is 0 Å². The van der Waals surface area contributed by atoms with Crippen LogP contribution in [0.25, 0.3) is 0 Å². The summed E-state index contributed by atoms with van der Waals surface area (Å²) >= 11 is 11.8. The van der Waals surface area contributed by atoms with E-state index >= 15 is 0 Å². The second-order valence-corrected chi connectivity index (χ2v) is 6.25. The number of hydrogen-bond acceptors (Lipinski definition) is 4. The molecule has 1 aromatic carbocycles. The van der Waals surface area contributed by atoms with E-state index in [2.05, 4.69) is 5.32 Å². The number of carbonyl (C=O) groups excluding carboxylic acids is 3. The number of carbonyl (C=O) groups is 3. The fourth-order valence-corrected chi connectivity index (χ4v) is 2.57. The predicted molar refractivity (Wildman–Crippen MR) is 85.2 cm³/mol. The maximum Gasteiger partial charge on any atom is 0.326 e. The topological polar surface area (TPSA) is 75.7 Å². The average molecular weight is 359 g/mol. The fourth-order valence-electron chi connectivity index (χ4n) is 2.10. The number of rotatable bonds is 5. The van der Waals surface area contributed by atoms with Crippen LogP contribution in [0.15, 0.2) is 18.2 Å². The number of halogens is 2. The molecule has 0 aliphatic carbocycles. The molecule has 23 heavy (non-hydrogen) atoms. The Morgan fingerprint density at radius 3 is 2.61 bits per heavy atom. The van der Waals surface area contributed by atoms with E-state index < -0.39 is 30.0 Å². The number of nitrogens with zero attached hydrogens (tertiary/aromatic N) is 1. The van der Waals surface area contributed by atoms with Crippen LogP contribution >= 0.6 is 23.2 Å². The Labute approximate surface area is 143 Å². The summed E-state index contributed by atoms with van der Waals surface area (Å²) in [6.45, 7) is 2.89. The van der Waals surface area contributed by atoms with Gasteiger partial charge < -0.3 is 10.1 Å². The van der Waals surface area contributed by atoms with Crippen molar-refractivity contribution in [3.05, 3.63) is 33.8 Å². The number of hydrogen-bond donors (Lipinski definition) is 1. The molecule has 1 aliphatic heterocycles. The zero-order chi connectivity index (χ0) is 17.2. The molecule has 3 amide bonds. The van der Waals surface area contributed by atoms with Gasteiger partial charge in [0, 0.05) is 15.6 Å². The molecule has 0 spiro atoms. The van der Waals surface area contributed by atoms with Crippen molar-refractivity contribution >= 4 is 41.1 Å². The van der Waals surface area contributed by atoms with E-state index in [1.54, 1.807) is 26.0 Å². The van der Waals surface area contributed by atoms with Crippen LogP contribution in [0.2, 0.25) is 10.0 Å². The van der Waals surface area contributed by atoms with Gasteiger partial charge in [-0.1, -0.05) is 36.2 Å². The molecule has 2 rings (SSSR count). The van der Waals surface area contributed by atoms with E-state index in [1.165, 1.54) is 6.07 Å². The number of urea groups is 1. The Hall–Kier alpha value is -1.79. The first-order valence-corrected chi connectivity index (χ1v) is 7.76. The lowest BCUT2D eigenvalue weighted by atomic mass is 9.99. The fraction of sp³-hybridized carbons (Fsp3) is 0.400. The smallest absolute Gasteiger partial charge is 0.326 e. The van der Waals surface area contributed by atoms with Crippen molar-refractivity contribution in [2.45, 2.75) is 32.4 Å². The highest BCUT2D eigenvalue weighted by Gasteiger charge is 2.47. The molecule has 6 nitrogen and oxygen atoms in total. The van der Waals surface area contributed by atoms with Gasteiger partial charge in [-0.15, -0.1) is 0 Å². The molecule has 1 saturated heterocycles. The van der Waals surface area contributed by atoms with Gasteiger partial charge in [0.05, 0.1) is 0 Å². The summed E-state index contributed by atoms with van der Waals surface area (Å²) in [5.74, 6) is -1.13. The molecule has 0 aromatic heterocycles. The van der Waals surface area contributed by atoms with Gasteiger partial charge in [-0.2, -0.15) is 0 Å². The molecule has 1 aromatic rings. The van der Waals surface area contributed by atoms with Crippen LogP contribution in [0, 0.1) is 0 Å². The molecule has 8 heteroatoms. The molecular formula is C15H16Cl2N2O4. The van der Waals surface area contributed by atoms with Crippen LogP contribution in [-0.4, -0.2) is 34.9 Å². The monoisotopic (exact) mass is 358 g/mol. The molecule has 124 valence electrons. The number of amides is 3.